The number of hydrogen-bond donors (Lipinski definition) is 0. The lowest BCUT2D eigenvalue weighted by Crippen LogP contribution is -2.01. The molecular formula is C10H14N2O3S. The van der Waals surface area contributed by atoms with Crippen molar-refractivity contribution in [1.82, 2.24) is 0 Å². The first kappa shape index (κ1) is 12.7. The van der Waals surface area contributed by atoms with Gasteiger partial charge in [0.05, 0.1) is 24.5 Å². The van der Waals surface area contributed by atoms with Crippen molar-refractivity contribution >= 4 is 15.8 Å². The highest BCUT2D eigenvalue weighted by Crippen LogP contribution is 2.18. The minimum atomic E-state index is -3.55. The monoisotopic (exact) mass is 242 g/mol. The third-order valence-electron chi connectivity index (χ3n) is 2.15. The molecule has 0 N–H and O–H groups in total. The lowest BCUT2D eigenvalue weighted by atomic mass is 10.1. The largest absolute Gasteiger partial charge is 0.325 e. The molecule has 0 unspecified atom stereocenters. The Hall–Kier alpha value is -1.35. The van der Waals surface area contributed by atoms with Gasteiger partial charge in [-0.05, 0) is 31.8 Å². The maximum Gasteiger partial charge on any atom is 0.325 e. The van der Waals surface area contributed by atoms with Crippen molar-refractivity contribution < 1.29 is 12.7 Å². The van der Waals surface area contributed by atoms with E-state index in [4.69, 9.17) is 5.26 Å². The van der Waals surface area contributed by atoms with Gasteiger partial charge in [-0.25, -0.2) is 0 Å². The molecule has 0 amide bonds. The van der Waals surface area contributed by atoms with Gasteiger partial charge in [0, 0.05) is 0 Å². The predicted molar refractivity (Wildman–Crippen MR) is 60.1 cm³/mol. The summed E-state index contributed by atoms with van der Waals surface area (Å²) in [4.78, 5) is 0. The van der Waals surface area contributed by atoms with E-state index in [1.54, 1.807) is 6.08 Å². The topological polar surface area (TPSA) is 79.5 Å². The lowest BCUT2D eigenvalue weighted by molar-refractivity contribution is 0.342. The van der Waals surface area contributed by atoms with E-state index in [-0.39, 0.29) is 0 Å². The standard InChI is InChI=1S/C10H14N2O3S/c1-16(13,14)15-12-10-5-3-2-4-9(8-10)6-7-11/h8H,2-6H2,1H3/b12-10-. The van der Waals surface area contributed by atoms with Crippen LogP contribution in [0.5, 0.6) is 0 Å². The summed E-state index contributed by atoms with van der Waals surface area (Å²) in [6.07, 6.45) is 6.55. The van der Waals surface area contributed by atoms with Crippen LogP contribution in [0.25, 0.3) is 0 Å². The highest BCUT2D eigenvalue weighted by molar-refractivity contribution is 7.85. The number of oxime groups is 1. The minimum Gasteiger partial charge on any atom is -0.268 e. The highest BCUT2D eigenvalue weighted by Gasteiger charge is 2.09. The molecule has 0 heterocycles. The number of nitrogens with zero attached hydrogens (tertiary/aromatic N) is 2. The maximum atomic E-state index is 10.8. The first-order chi connectivity index (χ1) is 7.51. The van der Waals surface area contributed by atoms with Crippen LogP contribution in [0.3, 0.4) is 0 Å². The molecule has 0 fully saturated rings. The van der Waals surface area contributed by atoms with E-state index in [2.05, 4.69) is 15.5 Å². The summed E-state index contributed by atoms with van der Waals surface area (Å²) in [5.74, 6) is 0. The second-order valence-electron chi connectivity index (χ2n) is 3.71. The normalized spacial score (nSPS) is 19.8. The van der Waals surface area contributed by atoms with Gasteiger partial charge in [-0.3, -0.25) is 4.28 Å². The number of nitriles is 1. The molecule has 0 aromatic carbocycles. The fourth-order valence-electron chi connectivity index (χ4n) is 1.47. The third kappa shape index (κ3) is 4.94. The molecule has 1 aliphatic rings. The van der Waals surface area contributed by atoms with E-state index in [9.17, 15) is 8.42 Å². The summed E-state index contributed by atoms with van der Waals surface area (Å²) in [5, 5.41) is 12.2. The summed E-state index contributed by atoms with van der Waals surface area (Å²) < 4.78 is 25.9. The van der Waals surface area contributed by atoms with Gasteiger partial charge in [-0.2, -0.15) is 13.7 Å². The van der Waals surface area contributed by atoms with Crippen molar-refractivity contribution in [2.75, 3.05) is 6.26 Å². The van der Waals surface area contributed by atoms with Gasteiger partial charge in [-0.15, -0.1) is 0 Å². The van der Waals surface area contributed by atoms with E-state index < -0.39 is 10.1 Å². The van der Waals surface area contributed by atoms with Gasteiger partial charge in [0.25, 0.3) is 0 Å². The van der Waals surface area contributed by atoms with Gasteiger partial charge in [0.15, 0.2) is 0 Å². The van der Waals surface area contributed by atoms with Crippen molar-refractivity contribution in [3.8, 4) is 6.07 Å². The molecule has 0 aliphatic heterocycles. The second kappa shape index (κ2) is 5.66. The summed E-state index contributed by atoms with van der Waals surface area (Å²) in [6.45, 7) is 0. The third-order valence-corrected chi connectivity index (χ3v) is 2.49. The summed E-state index contributed by atoms with van der Waals surface area (Å²) in [5.41, 5.74) is 1.57. The summed E-state index contributed by atoms with van der Waals surface area (Å²) in [6, 6.07) is 2.08. The van der Waals surface area contributed by atoms with Gasteiger partial charge >= 0.3 is 10.1 Å². The fourth-order valence-corrected chi connectivity index (χ4v) is 1.70. The number of allylic oxidation sites excluding steroid dienone is 2. The molecule has 0 aromatic rings. The molecule has 0 bridgehead atoms. The molecule has 1 aliphatic carbocycles. The molecule has 0 aromatic heterocycles. The molecular weight excluding hydrogens is 228 g/mol. The molecule has 88 valence electrons. The fraction of sp³-hybridized carbons (Fsp3) is 0.600. The van der Waals surface area contributed by atoms with Crippen LogP contribution in [-0.4, -0.2) is 20.4 Å². The zero-order valence-corrected chi connectivity index (χ0v) is 9.96. The van der Waals surface area contributed by atoms with Crippen LogP contribution in [0.4, 0.5) is 0 Å². The van der Waals surface area contributed by atoms with Crippen molar-refractivity contribution in [2.45, 2.75) is 32.1 Å². The van der Waals surface area contributed by atoms with E-state index >= 15 is 0 Å². The quantitative estimate of drug-likeness (QED) is 0.706. The van der Waals surface area contributed by atoms with Crippen LogP contribution in [0, 0.1) is 11.3 Å². The molecule has 5 nitrogen and oxygen atoms in total. The Balaban J connectivity index is 2.78. The average molecular weight is 242 g/mol. The molecule has 0 radical (unpaired) electrons. The van der Waals surface area contributed by atoms with E-state index in [1.807, 2.05) is 0 Å². The summed E-state index contributed by atoms with van der Waals surface area (Å²) in [7, 11) is -3.55. The summed E-state index contributed by atoms with van der Waals surface area (Å²) >= 11 is 0. The van der Waals surface area contributed by atoms with Gasteiger partial charge in [0.1, 0.15) is 0 Å². The second-order valence-corrected chi connectivity index (χ2v) is 5.26. The highest BCUT2D eigenvalue weighted by atomic mass is 32.2. The molecule has 16 heavy (non-hydrogen) atoms. The molecule has 0 saturated carbocycles. The molecule has 0 atom stereocenters. The van der Waals surface area contributed by atoms with Gasteiger partial charge < -0.3 is 0 Å². The van der Waals surface area contributed by atoms with Crippen LogP contribution >= 0.6 is 0 Å². The van der Waals surface area contributed by atoms with Crippen molar-refractivity contribution in [1.29, 1.82) is 5.26 Å². The van der Waals surface area contributed by atoms with Crippen LogP contribution in [-0.2, 0) is 14.4 Å². The van der Waals surface area contributed by atoms with Crippen LogP contribution < -0.4 is 0 Å². The number of rotatable bonds is 3. The Morgan fingerprint density at radius 3 is 2.81 bits per heavy atom. The van der Waals surface area contributed by atoms with Gasteiger partial charge in [0.2, 0.25) is 0 Å². The molecule has 0 saturated heterocycles. The van der Waals surface area contributed by atoms with E-state index in [1.165, 1.54) is 0 Å². The Morgan fingerprint density at radius 2 is 2.19 bits per heavy atom. The van der Waals surface area contributed by atoms with E-state index in [0.29, 0.717) is 18.6 Å². The van der Waals surface area contributed by atoms with E-state index in [0.717, 1.165) is 31.1 Å². The van der Waals surface area contributed by atoms with Crippen LogP contribution in [0.2, 0.25) is 0 Å². The predicted octanol–water partition coefficient (Wildman–Crippen LogP) is 1.73. The van der Waals surface area contributed by atoms with Gasteiger partial charge in [-0.1, -0.05) is 10.7 Å². The van der Waals surface area contributed by atoms with Crippen molar-refractivity contribution in [3.63, 3.8) is 0 Å². The SMILES string of the molecule is CS(=O)(=O)O/N=C1\C=C(CC#N)CCCC1. The van der Waals surface area contributed by atoms with Crippen LogP contribution in [0.15, 0.2) is 16.8 Å². The van der Waals surface area contributed by atoms with Crippen molar-refractivity contribution in [3.05, 3.63) is 11.6 Å². The molecule has 6 heteroatoms. The zero-order valence-electron chi connectivity index (χ0n) is 9.14. The average Bonchev–Trinajstić information content (AvgIpc) is 2.40. The first-order valence-corrected chi connectivity index (χ1v) is 6.85. The number of hydrogen-bond acceptors (Lipinski definition) is 5. The Bertz CT molecular complexity index is 443. The Labute approximate surface area is 95.5 Å². The zero-order chi connectivity index (χ0) is 12.0. The lowest BCUT2D eigenvalue weighted by Gasteiger charge is -1.98. The Kier molecular flexibility index (Phi) is 4.50. The minimum absolute atomic E-state index is 0.359. The van der Waals surface area contributed by atoms with Crippen molar-refractivity contribution in [2.24, 2.45) is 5.16 Å². The Morgan fingerprint density at radius 1 is 1.50 bits per heavy atom. The van der Waals surface area contributed by atoms with Crippen LogP contribution in [0.1, 0.15) is 32.1 Å². The maximum absolute atomic E-state index is 10.8. The molecule has 0 spiro atoms. The molecule has 1 rings (SSSR count). The first-order valence-electron chi connectivity index (χ1n) is 5.03. The smallest absolute Gasteiger partial charge is 0.268 e.